The molecule has 0 bridgehead atoms. The summed E-state index contributed by atoms with van der Waals surface area (Å²) >= 11 is 0. The summed E-state index contributed by atoms with van der Waals surface area (Å²) in [6.45, 7) is 1.36. The SMILES string of the molecule is BC(B)(B)Oc1ccc(C(=O)Nc2ccc(F)c(C3CC[C@](C)(F)C(N)=N3)c2)nc1. The Kier molecular flexibility index (Phi) is 5.92. The van der Waals surface area contributed by atoms with Gasteiger partial charge in [-0.1, -0.05) is 0 Å². The molecular formula is C19H23B3F2N4O2. The number of benzene rings is 1. The number of ether oxygens (including phenoxy) is 1. The standard InChI is InChI=1S/C19H23B3F2N4O2/c1-18(24)7-6-14(28-17(18)25)12-8-10(2-4-13(12)23)27-16(29)15-5-3-11(9-26-15)30-19(20,21)22/h2-5,8-9,14H,6-7,20-22H2,1H3,(H2,25,28)(H,27,29)/t14?,18-/m0/s1. The number of rotatable bonds is 5. The van der Waals surface area contributed by atoms with Gasteiger partial charge in [0.1, 0.15) is 46.6 Å². The van der Waals surface area contributed by atoms with E-state index in [2.05, 4.69) is 15.3 Å². The van der Waals surface area contributed by atoms with Crippen molar-refractivity contribution in [1.29, 1.82) is 0 Å². The van der Waals surface area contributed by atoms with Crippen LogP contribution >= 0.6 is 0 Å². The summed E-state index contributed by atoms with van der Waals surface area (Å²) in [4.78, 5) is 20.8. The largest absolute Gasteiger partial charge is 0.512 e. The van der Waals surface area contributed by atoms with Crippen LogP contribution in [-0.2, 0) is 0 Å². The Morgan fingerprint density at radius 3 is 2.67 bits per heavy atom. The summed E-state index contributed by atoms with van der Waals surface area (Å²) in [5, 5.41) is 2.32. The van der Waals surface area contributed by atoms with Crippen molar-refractivity contribution < 1.29 is 18.3 Å². The van der Waals surface area contributed by atoms with E-state index in [1.165, 1.54) is 31.3 Å². The number of hydrogen-bond acceptors (Lipinski definition) is 5. The maximum absolute atomic E-state index is 14.4. The Labute approximate surface area is 176 Å². The van der Waals surface area contributed by atoms with Gasteiger partial charge in [0, 0.05) is 16.5 Å². The van der Waals surface area contributed by atoms with Crippen molar-refractivity contribution in [3.8, 4) is 5.75 Å². The molecule has 0 fully saturated rings. The summed E-state index contributed by atoms with van der Waals surface area (Å²) in [5.41, 5.74) is 4.85. The first-order valence-electron chi connectivity index (χ1n) is 9.73. The first-order valence-corrected chi connectivity index (χ1v) is 9.73. The lowest BCUT2D eigenvalue weighted by Crippen LogP contribution is -2.40. The topological polar surface area (TPSA) is 89.6 Å². The molecule has 2 heterocycles. The third-order valence-corrected chi connectivity index (χ3v) is 4.72. The third kappa shape index (κ3) is 5.20. The minimum atomic E-state index is -1.69. The quantitative estimate of drug-likeness (QED) is 0.694. The fraction of sp³-hybridized carbons (Fsp3) is 0.316. The fourth-order valence-corrected chi connectivity index (χ4v) is 3.13. The molecule has 30 heavy (non-hydrogen) atoms. The maximum atomic E-state index is 14.4. The Balaban J connectivity index is 1.75. The molecule has 1 aliphatic heterocycles. The molecule has 1 aliphatic rings. The third-order valence-electron chi connectivity index (χ3n) is 4.72. The molecule has 2 atom stereocenters. The number of nitrogens with two attached hydrogens (primary N) is 1. The number of aliphatic imine (C=N–C) groups is 1. The Bertz CT molecular complexity index is 979. The minimum Gasteiger partial charge on any atom is -0.512 e. The lowest BCUT2D eigenvalue weighted by Gasteiger charge is -2.28. The van der Waals surface area contributed by atoms with E-state index in [1.807, 2.05) is 23.5 Å². The normalized spacial score (nSPS) is 21.6. The Hall–Kier alpha value is -2.84. The van der Waals surface area contributed by atoms with Gasteiger partial charge in [-0.2, -0.15) is 0 Å². The molecule has 1 unspecified atom stereocenters. The van der Waals surface area contributed by atoms with Crippen LogP contribution in [0.25, 0.3) is 0 Å². The molecule has 6 nitrogen and oxygen atoms in total. The number of amides is 1. The van der Waals surface area contributed by atoms with Crippen LogP contribution in [-0.4, -0.2) is 51.2 Å². The smallest absolute Gasteiger partial charge is 0.274 e. The monoisotopic (exact) mass is 410 g/mol. The van der Waals surface area contributed by atoms with Gasteiger partial charge < -0.3 is 15.8 Å². The number of hydrogen-bond donors (Lipinski definition) is 2. The van der Waals surface area contributed by atoms with Gasteiger partial charge in [-0.05, 0) is 50.1 Å². The van der Waals surface area contributed by atoms with Gasteiger partial charge in [-0.3, -0.25) is 9.79 Å². The van der Waals surface area contributed by atoms with Gasteiger partial charge in [0.2, 0.25) is 0 Å². The van der Waals surface area contributed by atoms with E-state index in [9.17, 15) is 13.6 Å². The van der Waals surface area contributed by atoms with E-state index in [0.717, 1.165) is 0 Å². The molecule has 0 radical (unpaired) electrons. The van der Waals surface area contributed by atoms with Crippen LogP contribution < -0.4 is 15.8 Å². The van der Waals surface area contributed by atoms with Gasteiger partial charge in [-0.15, -0.1) is 0 Å². The number of carbonyl (C=O) groups is 1. The van der Waals surface area contributed by atoms with E-state index >= 15 is 0 Å². The van der Waals surface area contributed by atoms with Crippen LogP contribution in [0.5, 0.6) is 5.75 Å². The lowest BCUT2D eigenvalue weighted by molar-refractivity contribution is 0.102. The average Bonchev–Trinajstić information content (AvgIpc) is 2.65. The van der Waals surface area contributed by atoms with E-state index in [-0.39, 0.29) is 28.8 Å². The highest BCUT2D eigenvalue weighted by atomic mass is 19.1. The van der Waals surface area contributed by atoms with Crippen LogP contribution in [0, 0.1) is 5.82 Å². The molecule has 1 aromatic carbocycles. The summed E-state index contributed by atoms with van der Waals surface area (Å²) in [6, 6.07) is 6.80. The van der Waals surface area contributed by atoms with Crippen LogP contribution in [0.15, 0.2) is 41.5 Å². The number of nitrogens with zero attached hydrogens (tertiary/aromatic N) is 2. The van der Waals surface area contributed by atoms with Crippen molar-refractivity contribution in [3.05, 3.63) is 53.6 Å². The minimum absolute atomic E-state index is 0.144. The number of carbonyl (C=O) groups excluding carboxylic acids is 1. The van der Waals surface area contributed by atoms with Crippen molar-refractivity contribution in [2.45, 2.75) is 36.8 Å². The molecular weight excluding hydrogens is 387 g/mol. The molecule has 0 aliphatic carbocycles. The molecule has 154 valence electrons. The predicted octanol–water partition coefficient (Wildman–Crippen LogP) is 0.283. The van der Waals surface area contributed by atoms with E-state index < -0.39 is 23.4 Å². The molecule has 2 aromatic rings. The average molecular weight is 410 g/mol. The van der Waals surface area contributed by atoms with Crippen LogP contribution in [0.1, 0.15) is 41.9 Å². The zero-order valence-electron chi connectivity index (χ0n) is 17.5. The second-order valence-electron chi connectivity index (χ2n) is 8.55. The van der Waals surface area contributed by atoms with E-state index in [4.69, 9.17) is 10.5 Å². The number of amidine groups is 1. The highest BCUT2D eigenvalue weighted by Crippen LogP contribution is 2.35. The van der Waals surface area contributed by atoms with Gasteiger partial charge in [0.15, 0.2) is 5.67 Å². The van der Waals surface area contributed by atoms with E-state index in [0.29, 0.717) is 17.9 Å². The van der Waals surface area contributed by atoms with Gasteiger partial charge in [0.05, 0.1) is 12.2 Å². The van der Waals surface area contributed by atoms with Crippen molar-refractivity contribution in [2.24, 2.45) is 10.7 Å². The number of nitrogens with one attached hydrogen (secondary N) is 1. The highest BCUT2D eigenvalue weighted by Gasteiger charge is 2.35. The molecule has 1 aromatic heterocycles. The van der Waals surface area contributed by atoms with Crippen molar-refractivity contribution in [2.75, 3.05) is 5.32 Å². The molecule has 3 N–H and O–H groups in total. The molecule has 1 amide bonds. The number of halogens is 2. The molecule has 11 heteroatoms. The second-order valence-corrected chi connectivity index (χ2v) is 8.55. The zero-order valence-corrected chi connectivity index (χ0v) is 17.5. The van der Waals surface area contributed by atoms with Crippen LogP contribution in [0.4, 0.5) is 14.5 Å². The number of anilines is 1. The Morgan fingerprint density at radius 1 is 1.33 bits per heavy atom. The van der Waals surface area contributed by atoms with Crippen LogP contribution in [0.3, 0.4) is 0 Å². The summed E-state index contributed by atoms with van der Waals surface area (Å²) < 4.78 is 34.3. The summed E-state index contributed by atoms with van der Waals surface area (Å²) in [6.07, 6.45) is 1.94. The van der Waals surface area contributed by atoms with E-state index in [1.54, 1.807) is 12.1 Å². The first kappa shape index (κ1) is 21.9. The molecule has 0 saturated heterocycles. The molecule has 0 spiro atoms. The zero-order chi connectivity index (χ0) is 22.1. The van der Waals surface area contributed by atoms with Gasteiger partial charge >= 0.3 is 0 Å². The van der Waals surface area contributed by atoms with Crippen molar-refractivity contribution in [1.82, 2.24) is 4.98 Å². The maximum Gasteiger partial charge on any atom is 0.274 e. The fourth-order valence-electron chi connectivity index (χ4n) is 3.13. The van der Waals surface area contributed by atoms with Crippen molar-refractivity contribution >= 4 is 41.0 Å². The predicted molar refractivity (Wildman–Crippen MR) is 121 cm³/mol. The summed E-state index contributed by atoms with van der Waals surface area (Å²) in [5.74, 6) is -0.526. The second kappa shape index (κ2) is 8.12. The van der Waals surface area contributed by atoms with Gasteiger partial charge in [0.25, 0.3) is 5.91 Å². The Morgan fingerprint density at radius 2 is 2.07 bits per heavy atom. The number of alkyl halides is 1. The first-order chi connectivity index (χ1) is 13.9. The number of pyridine rings is 1. The lowest BCUT2D eigenvalue weighted by atomic mass is 9.52. The van der Waals surface area contributed by atoms with Crippen molar-refractivity contribution in [3.63, 3.8) is 0 Å². The molecule has 0 saturated carbocycles. The molecule has 3 rings (SSSR count). The van der Waals surface area contributed by atoms with Crippen LogP contribution in [0.2, 0.25) is 0 Å². The van der Waals surface area contributed by atoms with Gasteiger partial charge in [-0.25, -0.2) is 13.8 Å². The highest BCUT2D eigenvalue weighted by molar-refractivity contribution is 6.58. The number of aromatic nitrogens is 1. The summed E-state index contributed by atoms with van der Waals surface area (Å²) in [7, 11) is 5.74.